The van der Waals surface area contributed by atoms with Gasteiger partial charge in [-0.1, -0.05) is 13.8 Å². The Balaban J connectivity index is 2.83. The van der Waals surface area contributed by atoms with Gasteiger partial charge >= 0.3 is 5.97 Å². The van der Waals surface area contributed by atoms with Crippen LogP contribution in [0.25, 0.3) is 0 Å². The average Bonchev–Trinajstić information content (AvgIpc) is 2.36. The number of amides is 1. The molecule has 0 saturated heterocycles. The Morgan fingerprint density at radius 3 is 2.11 bits per heavy atom. The lowest BCUT2D eigenvalue weighted by molar-refractivity contribution is -0.124. The fourth-order valence-corrected chi connectivity index (χ4v) is 1.94. The summed E-state index contributed by atoms with van der Waals surface area (Å²) in [6, 6.07) is 4.63. The molecule has 1 amide bonds. The number of hydrogen-bond acceptors (Lipinski definition) is 4. The first-order valence-electron chi connectivity index (χ1n) is 5.39. The zero-order chi connectivity index (χ0) is 14.6. The third-order valence-electron chi connectivity index (χ3n) is 2.24. The van der Waals surface area contributed by atoms with Crippen LogP contribution in [-0.4, -0.2) is 25.4 Å². The van der Waals surface area contributed by atoms with Gasteiger partial charge in [0.05, 0.1) is 10.5 Å². The molecule has 0 atom stereocenters. The first-order chi connectivity index (χ1) is 8.74. The van der Waals surface area contributed by atoms with E-state index in [1.807, 2.05) is 4.83 Å². The lowest BCUT2D eigenvalue weighted by atomic mass is 10.2. The highest BCUT2D eigenvalue weighted by atomic mass is 32.2. The molecule has 19 heavy (non-hydrogen) atoms. The minimum absolute atomic E-state index is 0.0230. The molecule has 104 valence electrons. The van der Waals surface area contributed by atoms with Crippen molar-refractivity contribution in [3.05, 3.63) is 29.8 Å². The van der Waals surface area contributed by atoms with Crippen molar-refractivity contribution >= 4 is 21.9 Å². The summed E-state index contributed by atoms with van der Waals surface area (Å²) >= 11 is 0. The van der Waals surface area contributed by atoms with E-state index >= 15 is 0 Å². The summed E-state index contributed by atoms with van der Waals surface area (Å²) in [6.07, 6.45) is 0. The highest BCUT2D eigenvalue weighted by Gasteiger charge is 2.16. The van der Waals surface area contributed by atoms with E-state index in [2.05, 4.69) is 5.43 Å². The number of benzene rings is 1. The van der Waals surface area contributed by atoms with Crippen molar-refractivity contribution in [2.24, 2.45) is 5.92 Å². The number of carboxylic acids is 1. The average molecular weight is 286 g/mol. The van der Waals surface area contributed by atoms with Crippen molar-refractivity contribution in [2.45, 2.75) is 18.7 Å². The number of nitrogens with one attached hydrogen (secondary N) is 2. The van der Waals surface area contributed by atoms with Gasteiger partial charge in [-0.25, -0.2) is 13.2 Å². The fourth-order valence-electron chi connectivity index (χ4n) is 1.10. The number of rotatable bonds is 5. The molecule has 1 aromatic rings. The van der Waals surface area contributed by atoms with E-state index in [0.717, 1.165) is 12.1 Å². The molecule has 8 heteroatoms. The first-order valence-corrected chi connectivity index (χ1v) is 6.87. The van der Waals surface area contributed by atoms with Crippen molar-refractivity contribution < 1.29 is 23.1 Å². The lowest BCUT2D eigenvalue weighted by Gasteiger charge is -2.10. The molecule has 7 nitrogen and oxygen atoms in total. The molecule has 0 aromatic heterocycles. The van der Waals surface area contributed by atoms with E-state index in [1.165, 1.54) is 12.1 Å². The van der Waals surface area contributed by atoms with Crippen LogP contribution in [0.5, 0.6) is 0 Å². The summed E-state index contributed by atoms with van der Waals surface area (Å²) in [4.78, 5) is 23.7. The zero-order valence-electron chi connectivity index (χ0n) is 10.4. The predicted molar refractivity (Wildman–Crippen MR) is 66.7 cm³/mol. The van der Waals surface area contributed by atoms with Gasteiger partial charge in [-0.2, -0.15) is 0 Å². The van der Waals surface area contributed by atoms with Crippen LogP contribution >= 0.6 is 0 Å². The second-order valence-electron chi connectivity index (χ2n) is 4.08. The molecule has 0 radical (unpaired) electrons. The van der Waals surface area contributed by atoms with E-state index in [1.54, 1.807) is 13.8 Å². The Kier molecular flexibility index (Phi) is 4.62. The lowest BCUT2D eigenvalue weighted by Crippen LogP contribution is -2.43. The van der Waals surface area contributed by atoms with Crippen molar-refractivity contribution in [3.8, 4) is 0 Å². The molecule has 0 aliphatic heterocycles. The van der Waals surface area contributed by atoms with Crippen molar-refractivity contribution in [1.82, 2.24) is 10.3 Å². The van der Waals surface area contributed by atoms with Crippen molar-refractivity contribution in [3.63, 3.8) is 0 Å². The van der Waals surface area contributed by atoms with Crippen LogP contribution in [0.3, 0.4) is 0 Å². The van der Waals surface area contributed by atoms with E-state index in [0.29, 0.717) is 0 Å². The number of aromatic carboxylic acids is 1. The molecule has 3 N–H and O–H groups in total. The number of carboxylic acid groups (broad SMARTS) is 1. The molecule has 0 bridgehead atoms. The van der Waals surface area contributed by atoms with Crippen LogP contribution in [0.2, 0.25) is 0 Å². The molecule has 0 spiro atoms. The van der Waals surface area contributed by atoms with Gasteiger partial charge in [0.25, 0.3) is 10.0 Å². The van der Waals surface area contributed by atoms with Crippen LogP contribution in [0.1, 0.15) is 24.2 Å². The van der Waals surface area contributed by atoms with Gasteiger partial charge in [0.1, 0.15) is 0 Å². The van der Waals surface area contributed by atoms with Crippen LogP contribution in [0.4, 0.5) is 0 Å². The molecule has 0 heterocycles. The fraction of sp³-hybridized carbons (Fsp3) is 0.273. The van der Waals surface area contributed by atoms with Gasteiger partial charge in [0, 0.05) is 5.92 Å². The highest BCUT2D eigenvalue weighted by molar-refractivity contribution is 7.89. The second kappa shape index (κ2) is 5.81. The highest BCUT2D eigenvalue weighted by Crippen LogP contribution is 2.10. The Labute approximate surface area is 110 Å². The van der Waals surface area contributed by atoms with Crippen LogP contribution in [0.15, 0.2) is 29.2 Å². The topological polar surface area (TPSA) is 113 Å². The van der Waals surface area contributed by atoms with Gasteiger partial charge in [-0.3, -0.25) is 10.2 Å². The maximum atomic E-state index is 11.8. The molecule has 0 saturated carbocycles. The standard InChI is InChI=1S/C11H14N2O5S/c1-7(2)10(14)12-13-19(17,18)9-5-3-8(4-6-9)11(15)16/h3-7,13H,1-2H3,(H,12,14)(H,15,16). The Bertz CT molecular complexity index is 578. The van der Waals surface area contributed by atoms with Gasteiger partial charge in [0.2, 0.25) is 5.91 Å². The first kappa shape index (κ1) is 15.1. The van der Waals surface area contributed by atoms with Gasteiger partial charge in [0.15, 0.2) is 0 Å². The summed E-state index contributed by atoms with van der Waals surface area (Å²) in [6.45, 7) is 3.23. The maximum Gasteiger partial charge on any atom is 0.335 e. The van der Waals surface area contributed by atoms with Crippen LogP contribution in [-0.2, 0) is 14.8 Å². The number of sulfonamides is 1. The summed E-state index contributed by atoms with van der Waals surface area (Å²) in [5.74, 6) is -1.98. The molecule has 0 unspecified atom stereocenters. The van der Waals surface area contributed by atoms with Gasteiger partial charge < -0.3 is 5.11 Å². The Morgan fingerprint density at radius 2 is 1.68 bits per heavy atom. The number of hydrazine groups is 1. The summed E-state index contributed by atoms with van der Waals surface area (Å²) in [5.41, 5.74) is 2.04. The molecule has 1 aromatic carbocycles. The summed E-state index contributed by atoms with van der Waals surface area (Å²) in [7, 11) is -3.91. The van der Waals surface area contributed by atoms with Crippen LogP contribution in [0, 0.1) is 5.92 Å². The third kappa shape index (κ3) is 4.04. The number of hydrogen-bond donors (Lipinski definition) is 3. The summed E-state index contributed by atoms with van der Waals surface area (Å²) < 4.78 is 23.5. The Hall–Kier alpha value is -1.93. The van der Waals surface area contributed by atoms with Gasteiger partial charge in [-0.05, 0) is 24.3 Å². The van der Waals surface area contributed by atoms with E-state index in [9.17, 15) is 18.0 Å². The second-order valence-corrected chi connectivity index (χ2v) is 5.76. The zero-order valence-corrected chi connectivity index (χ0v) is 11.2. The molecular weight excluding hydrogens is 272 g/mol. The largest absolute Gasteiger partial charge is 0.478 e. The van der Waals surface area contributed by atoms with E-state index < -0.39 is 21.9 Å². The van der Waals surface area contributed by atoms with Crippen molar-refractivity contribution in [1.29, 1.82) is 0 Å². The van der Waals surface area contributed by atoms with Crippen LogP contribution < -0.4 is 10.3 Å². The van der Waals surface area contributed by atoms with E-state index in [-0.39, 0.29) is 16.4 Å². The molecule has 0 aliphatic carbocycles. The number of carbonyl (C=O) groups is 2. The quantitative estimate of drug-likeness (QED) is 0.676. The smallest absolute Gasteiger partial charge is 0.335 e. The molecule has 1 rings (SSSR count). The normalized spacial score (nSPS) is 11.3. The SMILES string of the molecule is CC(C)C(=O)NNS(=O)(=O)c1ccc(C(=O)O)cc1. The predicted octanol–water partition coefficient (Wildman–Crippen LogP) is 0.350. The third-order valence-corrected chi connectivity index (χ3v) is 3.51. The molecule has 0 aliphatic rings. The van der Waals surface area contributed by atoms with Gasteiger partial charge in [-0.15, -0.1) is 4.83 Å². The maximum absolute atomic E-state index is 11.8. The minimum atomic E-state index is -3.91. The summed E-state index contributed by atoms with van der Waals surface area (Å²) in [5, 5.41) is 8.69. The van der Waals surface area contributed by atoms with E-state index in [4.69, 9.17) is 5.11 Å². The van der Waals surface area contributed by atoms with Crippen molar-refractivity contribution in [2.75, 3.05) is 0 Å². The number of carbonyl (C=O) groups excluding carboxylic acids is 1. The molecular formula is C11H14N2O5S. The monoisotopic (exact) mass is 286 g/mol. The minimum Gasteiger partial charge on any atom is -0.478 e. The molecule has 0 fully saturated rings. The Morgan fingerprint density at radius 1 is 1.16 bits per heavy atom.